The van der Waals surface area contributed by atoms with Crippen molar-refractivity contribution in [1.82, 2.24) is 9.62 Å². The van der Waals surface area contributed by atoms with Gasteiger partial charge < -0.3 is 4.74 Å². The van der Waals surface area contributed by atoms with Gasteiger partial charge >= 0.3 is 0 Å². The lowest BCUT2D eigenvalue weighted by molar-refractivity contribution is 0.200. The molecule has 1 N–H and O–H groups in total. The summed E-state index contributed by atoms with van der Waals surface area (Å²) in [5.74, 6) is 0.693. The van der Waals surface area contributed by atoms with Crippen LogP contribution in [-0.4, -0.2) is 39.6 Å². The van der Waals surface area contributed by atoms with Gasteiger partial charge in [-0.05, 0) is 49.1 Å². The van der Waals surface area contributed by atoms with Crippen LogP contribution in [0.1, 0.15) is 24.0 Å². The number of hydrogen-bond acceptors (Lipinski definition) is 4. The highest BCUT2D eigenvalue weighted by Crippen LogP contribution is 2.22. The van der Waals surface area contributed by atoms with Crippen molar-refractivity contribution in [2.45, 2.75) is 37.2 Å². The Hall–Kier alpha value is -1.89. The Labute approximate surface area is 156 Å². The second kappa shape index (κ2) is 8.20. The minimum atomic E-state index is -3.51. The molecule has 1 fully saturated rings. The summed E-state index contributed by atoms with van der Waals surface area (Å²) in [6, 6.07) is 15.3. The number of ether oxygens (including phenoxy) is 1. The van der Waals surface area contributed by atoms with E-state index < -0.39 is 10.0 Å². The number of sulfonamides is 1. The Bertz CT molecular complexity index is 829. The molecule has 1 heterocycles. The van der Waals surface area contributed by atoms with E-state index in [0.717, 1.165) is 38.0 Å². The highest BCUT2D eigenvalue weighted by molar-refractivity contribution is 7.89. The molecule has 0 aliphatic carbocycles. The van der Waals surface area contributed by atoms with Crippen LogP contribution in [0.5, 0.6) is 5.75 Å². The van der Waals surface area contributed by atoms with Crippen LogP contribution in [0.3, 0.4) is 0 Å². The van der Waals surface area contributed by atoms with E-state index in [-0.39, 0.29) is 6.04 Å². The van der Waals surface area contributed by atoms with Gasteiger partial charge in [0.2, 0.25) is 10.0 Å². The first-order valence-corrected chi connectivity index (χ1v) is 10.4. The highest BCUT2D eigenvalue weighted by Gasteiger charge is 2.25. The minimum absolute atomic E-state index is 0.0190. The first-order chi connectivity index (χ1) is 12.5. The van der Waals surface area contributed by atoms with Crippen molar-refractivity contribution in [3.63, 3.8) is 0 Å². The molecule has 0 amide bonds. The van der Waals surface area contributed by atoms with Crippen LogP contribution in [0.2, 0.25) is 0 Å². The van der Waals surface area contributed by atoms with Gasteiger partial charge in [0.15, 0.2) is 0 Å². The van der Waals surface area contributed by atoms with Crippen molar-refractivity contribution in [3.05, 3.63) is 59.7 Å². The number of methoxy groups -OCH3 is 1. The van der Waals surface area contributed by atoms with E-state index in [1.807, 2.05) is 25.1 Å². The standard InChI is InChI=1S/C20H26N2O3S/c1-16-14-19(8-9-20(16)25-2)26(23,24)21-18-10-12-22(13-11-18)15-17-6-4-3-5-7-17/h3-9,14,18,21H,10-13,15H2,1-2H3. The fraction of sp³-hybridized carbons (Fsp3) is 0.400. The zero-order chi connectivity index (χ0) is 18.6. The van der Waals surface area contributed by atoms with Crippen LogP contribution in [0.15, 0.2) is 53.4 Å². The summed E-state index contributed by atoms with van der Waals surface area (Å²) in [6.45, 7) is 4.55. The third kappa shape index (κ3) is 4.63. The van der Waals surface area contributed by atoms with E-state index in [4.69, 9.17) is 4.74 Å². The predicted molar refractivity (Wildman–Crippen MR) is 103 cm³/mol. The van der Waals surface area contributed by atoms with E-state index in [0.29, 0.717) is 10.6 Å². The molecule has 0 unspecified atom stereocenters. The zero-order valence-corrected chi connectivity index (χ0v) is 16.1. The molecule has 1 aliphatic rings. The van der Waals surface area contributed by atoms with Gasteiger partial charge in [-0.3, -0.25) is 4.90 Å². The maximum Gasteiger partial charge on any atom is 0.240 e. The lowest BCUT2D eigenvalue weighted by Gasteiger charge is -2.32. The van der Waals surface area contributed by atoms with Crippen LogP contribution < -0.4 is 9.46 Å². The van der Waals surface area contributed by atoms with Crippen LogP contribution in [0.25, 0.3) is 0 Å². The number of aryl methyl sites for hydroxylation is 1. The molecule has 0 radical (unpaired) electrons. The van der Waals surface area contributed by atoms with Crippen molar-refractivity contribution < 1.29 is 13.2 Å². The van der Waals surface area contributed by atoms with Crippen LogP contribution in [0.4, 0.5) is 0 Å². The van der Waals surface area contributed by atoms with Crippen LogP contribution in [-0.2, 0) is 16.6 Å². The third-order valence-electron chi connectivity index (χ3n) is 4.84. The maximum atomic E-state index is 12.7. The number of nitrogens with one attached hydrogen (secondary N) is 1. The fourth-order valence-electron chi connectivity index (χ4n) is 3.36. The first kappa shape index (κ1) is 18.9. The largest absolute Gasteiger partial charge is 0.496 e. The molecule has 0 spiro atoms. The Morgan fingerprint density at radius 3 is 2.42 bits per heavy atom. The second-order valence-corrected chi connectivity index (χ2v) is 8.50. The van der Waals surface area contributed by atoms with Gasteiger partial charge in [-0.2, -0.15) is 0 Å². The molecular weight excluding hydrogens is 348 g/mol. The second-order valence-electron chi connectivity index (χ2n) is 6.79. The van der Waals surface area contributed by atoms with Gasteiger partial charge in [-0.15, -0.1) is 0 Å². The summed E-state index contributed by atoms with van der Waals surface area (Å²) in [4.78, 5) is 2.67. The van der Waals surface area contributed by atoms with E-state index in [1.54, 1.807) is 25.3 Å². The number of nitrogens with zero attached hydrogens (tertiary/aromatic N) is 1. The van der Waals surface area contributed by atoms with Crippen molar-refractivity contribution in [3.8, 4) is 5.75 Å². The molecule has 2 aromatic rings. The predicted octanol–water partition coefficient (Wildman–Crippen LogP) is 2.95. The smallest absolute Gasteiger partial charge is 0.240 e. The Morgan fingerprint density at radius 2 is 1.81 bits per heavy atom. The molecule has 0 aromatic heterocycles. The van der Waals surface area contributed by atoms with Gasteiger partial charge in [0.05, 0.1) is 12.0 Å². The SMILES string of the molecule is COc1ccc(S(=O)(=O)NC2CCN(Cc3ccccc3)CC2)cc1C. The Balaban J connectivity index is 1.57. The highest BCUT2D eigenvalue weighted by atomic mass is 32.2. The third-order valence-corrected chi connectivity index (χ3v) is 6.35. The number of rotatable bonds is 6. The van der Waals surface area contributed by atoms with Crippen molar-refractivity contribution >= 4 is 10.0 Å². The van der Waals surface area contributed by atoms with Gasteiger partial charge in [0, 0.05) is 25.7 Å². The van der Waals surface area contributed by atoms with Crippen molar-refractivity contribution in [1.29, 1.82) is 0 Å². The zero-order valence-electron chi connectivity index (χ0n) is 15.3. The summed E-state index contributed by atoms with van der Waals surface area (Å²) in [5, 5.41) is 0. The molecule has 0 bridgehead atoms. The molecular formula is C20H26N2O3S. The van der Waals surface area contributed by atoms with Crippen molar-refractivity contribution in [2.75, 3.05) is 20.2 Å². The number of piperidine rings is 1. The lowest BCUT2D eigenvalue weighted by atomic mass is 10.1. The number of benzene rings is 2. The summed E-state index contributed by atoms with van der Waals surface area (Å²) < 4.78 is 33.4. The summed E-state index contributed by atoms with van der Waals surface area (Å²) >= 11 is 0. The van der Waals surface area contributed by atoms with E-state index in [1.165, 1.54) is 5.56 Å². The molecule has 1 saturated heterocycles. The number of likely N-dealkylation sites (tertiary alicyclic amines) is 1. The lowest BCUT2D eigenvalue weighted by Crippen LogP contribution is -2.44. The van der Waals surface area contributed by atoms with Crippen molar-refractivity contribution in [2.24, 2.45) is 0 Å². The maximum absolute atomic E-state index is 12.7. The monoisotopic (exact) mass is 374 g/mol. The molecule has 1 aliphatic heterocycles. The topological polar surface area (TPSA) is 58.6 Å². The molecule has 2 aromatic carbocycles. The molecule has 26 heavy (non-hydrogen) atoms. The van der Waals surface area contributed by atoms with E-state index >= 15 is 0 Å². The van der Waals surface area contributed by atoms with E-state index in [9.17, 15) is 8.42 Å². The first-order valence-electron chi connectivity index (χ1n) is 8.91. The van der Waals surface area contributed by atoms with Gasteiger partial charge in [0.1, 0.15) is 5.75 Å². The minimum Gasteiger partial charge on any atom is -0.496 e. The number of hydrogen-bond donors (Lipinski definition) is 1. The quantitative estimate of drug-likeness (QED) is 0.845. The molecule has 0 saturated carbocycles. The van der Waals surface area contributed by atoms with Crippen LogP contribution >= 0.6 is 0 Å². The average Bonchev–Trinajstić information content (AvgIpc) is 2.64. The summed E-state index contributed by atoms with van der Waals surface area (Å²) in [6.07, 6.45) is 1.64. The molecule has 3 rings (SSSR count). The Morgan fingerprint density at radius 1 is 1.12 bits per heavy atom. The molecule has 5 nitrogen and oxygen atoms in total. The molecule has 6 heteroatoms. The van der Waals surface area contributed by atoms with Crippen LogP contribution in [0, 0.1) is 6.92 Å². The summed E-state index contributed by atoms with van der Waals surface area (Å²) in [7, 11) is -1.93. The average molecular weight is 375 g/mol. The van der Waals surface area contributed by atoms with E-state index in [2.05, 4.69) is 21.8 Å². The Kier molecular flexibility index (Phi) is 5.96. The molecule has 0 atom stereocenters. The molecule has 140 valence electrons. The van der Waals surface area contributed by atoms with Gasteiger partial charge in [-0.25, -0.2) is 13.1 Å². The normalized spacial score (nSPS) is 16.5. The summed E-state index contributed by atoms with van der Waals surface area (Å²) in [5.41, 5.74) is 2.10. The van der Waals surface area contributed by atoms with Gasteiger partial charge in [-0.1, -0.05) is 30.3 Å². The fourth-order valence-corrected chi connectivity index (χ4v) is 4.75. The van der Waals surface area contributed by atoms with Gasteiger partial charge in [0.25, 0.3) is 0 Å².